The molecule has 0 aliphatic heterocycles. The van der Waals surface area contributed by atoms with E-state index in [1.165, 1.54) is 11.8 Å². The van der Waals surface area contributed by atoms with E-state index in [0.29, 0.717) is 29.4 Å². The van der Waals surface area contributed by atoms with Gasteiger partial charge in [-0.15, -0.1) is 16.8 Å². The maximum Gasteiger partial charge on any atom is 0.225 e. The Labute approximate surface area is 138 Å². The monoisotopic (exact) mass is 336 g/mol. The Balaban J connectivity index is 1.85. The zero-order valence-electron chi connectivity index (χ0n) is 12.3. The molecule has 2 aromatic rings. The predicted molar refractivity (Wildman–Crippen MR) is 90.4 cm³/mol. The number of aryl methyl sites for hydroxylation is 1. The van der Waals surface area contributed by atoms with E-state index in [1.54, 1.807) is 18.2 Å². The molecule has 0 fully saturated rings. The van der Waals surface area contributed by atoms with Gasteiger partial charge in [0, 0.05) is 18.7 Å². The maximum atomic E-state index is 11.9. The number of para-hydroxylation sites is 1. The second kappa shape index (κ2) is 8.00. The largest absolute Gasteiger partial charge is 0.325 e. The van der Waals surface area contributed by atoms with Crippen LogP contribution in [0, 0.1) is 6.92 Å². The zero-order chi connectivity index (χ0) is 15.9. The number of aromatic nitrogens is 3. The molecular weight excluding hydrogens is 320 g/mol. The van der Waals surface area contributed by atoms with E-state index in [4.69, 9.17) is 11.6 Å². The molecule has 0 saturated heterocycles. The number of amides is 1. The van der Waals surface area contributed by atoms with Crippen molar-refractivity contribution in [2.75, 3.05) is 11.1 Å². The first-order valence-electron chi connectivity index (χ1n) is 6.79. The van der Waals surface area contributed by atoms with Crippen molar-refractivity contribution in [3.05, 3.63) is 47.8 Å². The Morgan fingerprint density at radius 3 is 2.95 bits per heavy atom. The van der Waals surface area contributed by atoms with Crippen molar-refractivity contribution in [1.29, 1.82) is 0 Å². The number of carbonyl (C=O) groups is 1. The van der Waals surface area contributed by atoms with Crippen LogP contribution in [0.1, 0.15) is 12.2 Å². The van der Waals surface area contributed by atoms with Crippen molar-refractivity contribution in [3.8, 4) is 0 Å². The third kappa shape index (κ3) is 4.35. The number of benzene rings is 1. The van der Waals surface area contributed by atoms with Crippen LogP contribution < -0.4 is 5.32 Å². The van der Waals surface area contributed by atoms with Gasteiger partial charge >= 0.3 is 0 Å². The molecule has 0 saturated carbocycles. The Morgan fingerprint density at radius 2 is 2.23 bits per heavy atom. The molecule has 5 nitrogen and oxygen atoms in total. The van der Waals surface area contributed by atoms with Gasteiger partial charge in [-0.2, -0.15) is 0 Å². The summed E-state index contributed by atoms with van der Waals surface area (Å²) < 4.78 is 1.96. The molecule has 1 N–H and O–H groups in total. The van der Waals surface area contributed by atoms with Gasteiger partial charge in [-0.1, -0.05) is 41.6 Å². The van der Waals surface area contributed by atoms with E-state index in [9.17, 15) is 4.79 Å². The maximum absolute atomic E-state index is 11.9. The number of carbonyl (C=O) groups excluding carboxylic acids is 1. The van der Waals surface area contributed by atoms with Crippen LogP contribution in [0.4, 0.5) is 5.69 Å². The lowest BCUT2D eigenvalue weighted by Crippen LogP contribution is -2.12. The van der Waals surface area contributed by atoms with Crippen LogP contribution in [-0.2, 0) is 11.3 Å². The summed E-state index contributed by atoms with van der Waals surface area (Å²) in [5.41, 5.74) is 0.629. The Hall–Kier alpha value is -1.79. The minimum absolute atomic E-state index is 0.0768. The van der Waals surface area contributed by atoms with Gasteiger partial charge in [-0.05, 0) is 19.1 Å². The van der Waals surface area contributed by atoms with Gasteiger partial charge in [0.25, 0.3) is 0 Å². The normalized spacial score (nSPS) is 10.5. The number of nitrogens with zero attached hydrogens (tertiary/aromatic N) is 3. The summed E-state index contributed by atoms with van der Waals surface area (Å²) in [5, 5.41) is 12.3. The molecule has 0 radical (unpaired) electrons. The lowest BCUT2D eigenvalue weighted by atomic mass is 10.3. The van der Waals surface area contributed by atoms with Gasteiger partial charge in [0.15, 0.2) is 5.16 Å². The van der Waals surface area contributed by atoms with Gasteiger partial charge in [-0.3, -0.25) is 4.79 Å². The van der Waals surface area contributed by atoms with Crippen molar-refractivity contribution in [3.63, 3.8) is 0 Å². The number of anilines is 1. The van der Waals surface area contributed by atoms with Crippen molar-refractivity contribution in [2.24, 2.45) is 0 Å². The number of halogens is 1. The summed E-state index contributed by atoms with van der Waals surface area (Å²) in [5.74, 6) is 1.38. The van der Waals surface area contributed by atoms with E-state index in [1.807, 2.05) is 23.6 Å². The molecule has 0 bridgehead atoms. The minimum atomic E-state index is -0.0768. The number of nitrogens with one attached hydrogen (secondary N) is 1. The van der Waals surface area contributed by atoms with E-state index in [2.05, 4.69) is 22.1 Å². The third-order valence-corrected chi connectivity index (χ3v) is 4.22. The van der Waals surface area contributed by atoms with Gasteiger partial charge in [-0.25, -0.2) is 0 Å². The highest BCUT2D eigenvalue weighted by Gasteiger charge is 2.10. The summed E-state index contributed by atoms with van der Waals surface area (Å²) >= 11 is 7.50. The van der Waals surface area contributed by atoms with Crippen molar-refractivity contribution in [1.82, 2.24) is 14.8 Å². The molecule has 2 rings (SSSR count). The molecule has 7 heteroatoms. The SMILES string of the molecule is C=CCn1c(C)nnc1SCCC(=O)Nc1ccccc1Cl. The first-order valence-corrected chi connectivity index (χ1v) is 8.16. The van der Waals surface area contributed by atoms with E-state index < -0.39 is 0 Å². The van der Waals surface area contributed by atoms with Crippen LogP contribution in [0.25, 0.3) is 0 Å². The molecule has 1 aromatic carbocycles. The molecule has 0 aliphatic carbocycles. The van der Waals surface area contributed by atoms with Crippen molar-refractivity contribution >= 4 is 35.0 Å². The highest BCUT2D eigenvalue weighted by molar-refractivity contribution is 7.99. The average Bonchev–Trinajstić information content (AvgIpc) is 2.83. The fourth-order valence-corrected chi connectivity index (χ4v) is 2.93. The average molecular weight is 337 g/mol. The van der Waals surface area contributed by atoms with Gasteiger partial charge < -0.3 is 9.88 Å². The van der Waals surface area contributed by atoms with E-state index >= 15 is 0 Å². The molecular formula is C15H17ClN4OS. The summed E-state index contributed by atoms with van der Waals surface area (Å²) in [7, 11) is 0. The second-order valence-corrected chi connectivity index (χ2v) is 6.02. The number of hydrogen-bond acceptors (Lipinski definition) is 4. The van der Waals surface area contributed by atoms with Crippen molar-refractivity contribution in [2.45, 2.75) is 25.0 Å². The number of thioether (sulfide) groups is 1. The first-order chi connectivity index (χ1) is 10.6. The van der Waals surface area contributed by atoms with Gasteiger partial charge in [0.05, 0.1) is 10.7 Å². The first kappa shape index (κ1) is 16.6. The molecule has 0 aliphatic rings. The highest BCUT2D eigenvalue weighted by atomic mass is 35.5. The number of rotatable bonds is 7. The zero-order valence-corrected chi connectivity index (χ0v) is 13.8. The Bertz CT molecular complexity index is 671. The fourth-order valence-electron chi connectivity index (χ4n) is 1.82. The Morgan fingerprint density at radius 1 is 1.45 bits per heavy atom. The number of hydrogen-bond donors (Lipinski definition) is 1. The lowest BCUT2D eigenvalue weighted by molar-refractivity contribution is -0.115. The molecule has 0 atom stereocenters. The highest BCUT2D eigenvalue weighted by Crippen LogP contribution is 2.21. The Kier molecular flexibility index (Phi) is 6.03. The van der Waals surface area contributed by atoms with Gasteiger partial charge in [0.2, 0.25) is 5.91 Å². The van der Waals surface area contributed by atoms with Crippen LogP contribution in [0.5, 0.6) is 0 Å². The van der Waals surface area contributed by atoms with Crippen LogP contribution in [0.3, 0.4) is 0 Å². The van der Waals surface area contributed by atoms with E-state index in [-0.39, 0.29) is 5.91 Å². The molecule has 1 heterocycles. The lowest BCUT2D eigenvalue weighted by Gasteiger charge is -2.07. The van der Waals surface area contributed by atoms with Crippen LogP contribution in [-0.4, -0.2) is 26.4 Å². The van der Waals surface area contributed by atoms with E-state index in [0.717, 1.165) is 11.0 Å². The van der Waals surface area contributed by atoms with Crippen LogP contribution in [0.2, 0.25) is 5.02 Å². The quantitative estimate of drug-likeness (QED) is 0.620. The molecule has 1 aromatic heterocycles. The summed E-state index contributed by atoms with van der Waals surface area (Å²) in [4.78, 5) is 11.9. The van der Waals surface area contributed by atoms with Crippen molar-refractivity contribution < 1.29 is 4.79 Å². The van der Waals surface area contributed by atoms with Gasteiger partial charge in [0.1, 0.15) is 5.82 Å². The smallest absolute Gasteiger partial charge is 0.225 e. The topological polar surface area (TPSA) is 59.8 Å². The second-order valence-electron chi connectivity index (χ2n) is 4.56. The summed E-state index contributed by atoms with van der Waals surface area (Å²) in [6, 6.07) is 7.17. The van der Waals surface area contributed by atoms with Crippen LogP contribution in [0.15, 0.2) is 42.1 Å². The third-order valence-electron chi connectivity index (χ3n) is 2.92. The minimum Gasteiger partial charge on any atom is -0.325 e. The molecule has 22 heavy (non-hydrogen) atoms. The predicted octanol–water partition coefficient (Wildman–Crippen LogP) is 3.55. The fraction of sp³-hybridized carbons (Fsp3) is 0.267. The molecule has 1 amide bonds. The molecule has 0 unspecified atom stereocenters. The summed E-state index contributed by atoms with van der Waals surface area (Å²) in [6.07, 6.45) is 2.17. The molecule has 0 spiro atoms. The van der Waals surface area contributed by atoms with Crippen LogP contribution >= 0.6 is 23.4 Å². The number of allylic oxidation sites excluding steroid dienone is 1. The summed E-state index contributed by atoms with van der Waals surface area (Å²) in [6.45, 7) is 6.27. The molecule has 116 valence electrons. The standard InChI is InChI=1S/C15H17ClN4OS/c1-3-9-20-11(2)18-19-15(20)22-10-8-14(21)17-13-7-5-4-6-12(13)16/h3-7H,1,8-10H2,2H3,(H,17,21).